The molecule has 0 fully saturated rings. The van der Waals surface area contributed by atoms with E-state index in [1.165, 1.54) is 0 Å². The van der Waals surface area contributed by atoms with Gasteiger partial charge in [0.1, 0.15) is 29.3 Å². The quantitative estimate of drug-likeness (QED) is 0.378. The Kier molecular flexibility index (Phi) is 7.19. The second-order valence-corrected chi connectivity index (χ2v) is 7.03. The van der Waals surface area contributed by atoms with Gasteiger partial charge in [-0.05, 0) is 11.1 Å². The number of carbonyl (C=O) groups excluding carboxylic acids is 1. The van der Waals surface area contributed by atoms with Crippen LogP contribution in [0.2, 0.25) is 0 Å². The number of carbonyl (C=O) groups is 1. The summed E-state index contributed by atoms with van der Waals surface area (Å²) in [6, 6.07) is 3.45. The summed E-state index contributed by atoms with van der Waals surface area (Å²) in [5.74, 6) is -2.99. The van der Waals surface area contributed by atoms with Crippen LogP contribution < -0.4 is 0 Å². The molecule has 1 N–H and O–H groups in total. The molecule has 0 aliphatic rings. The standard InChI is InChI=1S/C13H18B3F3O5S/c14-3-7-1-8(4-15)11(9(2-7)5-16)12(20)24-10(13(17,18)19)6-25(21,22)23/h1-2,10H,3-6,14-16H2,(H,21,22,23). The van der Waals surface area contributed by atoms with Crippen LogP contribution in [0.15, 0.2) is 12.1 Å². The van der Waals surface area contributed by atoms with Gasteiger partial charge in [0.2, 0.25) is 6.10 Å². The first-order valence-corrected chi connectivity index (χ1v) is 9.41. The van der Waals surface area contributed by atoms with E-state index in [2.05, 4.69) is 4.74 Å². The molecular formula is C13H18B3F3O5S. The Bertz CT molecular complexity index is 712. The second-order valence-electron chi connectivity index (χ2n) is 5.53. The molecule has 0 aliphatic heterocycles. The van der Waals surface area contributed by atoms with Gasteiger partial charge in [0, 0.05) is 0 Å². The van der Waals surface area contributed by atoms with Crippen molar-refractivity contribution < 1.29 is 35.7 Å². The minimum atomic E-state index is -5.12. The van der Waals surface area contributed by atoms with Crippen molar-refractivity contribution in [3.63, 3.8) is 0 Å². The van der Waals surface area contributed by atoms with Crippen LogP contribution in [-0.4, -0.2) is 60.5 Å². The Morgan fingerprint density at radius 3 is 1.92 bits per heavy atom. The van der Waals surface area contributed by atoms with E-state index in [4.69, 9.17) is 4.55 Å². The summed E-state index contributed by atoms with van der Waals surface area (Å²) < 4.78 is 73.6. The van der Waals surface area contributed by atoms with Gasteiger partial charge in [-0.3, -0.25) is 4.55 Å². The van der Waals surface area contributed by atoms with Gasteiger partial charge >= 0.3 is 12.1 Å². The zero-order valence-corrected chi connectivity index (χ0v) is 15.0. The average molecular weight is 376 g/mol. The van der Waals surface area contributed by atoms with Gasteiger partial charge in [0.25, 0.3) is 10.1 Å². The fourth-order valence-corrected chi connectivity index (χ4v) is 3.08. The van der Waals surface area contributed by atoms with E-state index < -0.39 is 34.1 Å². The number of hydrogen-bond acceptors (Lipinski definition) is 4. The van der Waals surface area contributed by atoms with E-state index in [0.717, 1.165) is 5.56 Å². The van der Waals surface area contributed by atoms with E-state index in [0.29, 0.717) is 30.1 Å². The molecule has 1 aromatic carbocycles. The van der Waals surface area contributed by atoms with Crippen LogP contribution in [0, 0.1) is 0 Å². The van der Waals surface area contributed by atoms with Crippen molar-refractivity contribution in [2.45, 2.75) is 31.2 Å². The van der Waals surface area contributed by atoms with Crippen LogP contribution >= 0.6 is 0 Å². The molecule has 1 rings (SSSR count). The van der Waals surface area contributed by atoms with Crippen molar-refractivity contribution in [3.8, 4) is 0 Å². The van der Waals surface area contributed by atoms with Crippen molar-refractivity contribution in [3.05, 3.63) is 34.4 Å². The fraction of sp³-hybridized carbons (Fsp3) is 0.462. The normalized spacial score (nSPS) is 13.4. The number of ether oxygens (including phenoxy) is 1. The number of halogens is 3. The Labute approximate surface area is 147 Å². The highest BCUT2D eigenvalue weighted by atomic mass is 32.2. The van der Waals surface area contributed by atoms with Crippen LogP contribution in [-0.2, 0) is 33.8 Å². The maximum absolute atomic E-state index is 13.0. The lowest BCUT2D eigenvalue weighted by atomic mass is 9.82. The predicted molar refractivity (Wildman–Crippen MR) is 94.9 cm³/mol. The first kappa shape index (κ1) is 21.6. The van der Waals surface area contributed by atoms with Crippen molar-refractivity contribution in [1.82, 2.24) is 0 Å². The summed E-state index contributed by atoms with van der Waals surface area (Å²) in [4.78, 5) is 12.3. The lowest BCUT2D eigenvalue weighted by Gasteiger charge is -2.21. The molecule has 0 aromatic heterocycles. The largest absolute Gasteiger partial charge is 0.448 e. The molecule has 0 amide bonds. The van der Waals surface area contributed by atoms with E-state index in [-0.39, 0.29) is 5.56 Å². The van der Waals surface area contributed by atoms with Crippen LogP contribution in [0.3, 0.4) is 0 Å². The summed E-state index contributed by atoms with van der Waals surface area (Å²) in [6.45, 7) is 0. The minimum absolute atomic E-state index is 0.0202. The van der Waals surface area contributed by atoms with Crippen LogP contribution in [0.1, 0.15) is 27.0 Å². The molecule has 0 saturated carbocycles. The molecule has 12 heteroatoms. The summed E-state index contributed by atoms with van der Waals surface area (Å²) in [5.41, 5.74) is 2.03. The first-order valence-electron chi connectivity index (χ1n) is 7.80. The Morgan fingerprint density at radius 2 is 1.60 bits per heavy atom. The van der Waals surface area contributed by atoms with Gasteiger partial charge in [0.15, 0.2) is 0 Å². The van der Waals surface area contributed by atoms with E-state index >= 15 is 0 Å². The third kappa shape index (κ3) is 6.11. The monoisotopic (exact) mass is 376 g/mol. The summed E-state index contributed by atoms with van der Waals surface area (Å²) in [5, 5.41) is 0. The van der Waals surface area contributed by atoms with Crippen molar-refractivity contribution in [1.29, 1.82) is 0 Å². The van der Waals surface area contributed by atoms with Crippen molar-refractivity contribution in [2.24, 2.45) is 0 Å². The molecular weight excluding hydrogens is 358 g/mol. The van der Waals surface area contributed by atoms with Gasteiger partial charge in [-0.25, -0.2) is 4.79 Å². The molecule has 136 valence electrons. The van der Waals surface area contributed by atoms with Crippen LogP contribution in [0.4, 0.5) is 13.2 Å². The molecule has 0 heterocycles. The second kappa shape index (κ2) is 8.31. The minimum Gasteiger partial charge on any atom is -0.448 e. The number of rotatable bonds is 7. The summed E-state index contributed by atoms with van der Waals surface area (Å²) >= 11 is 0. The topological polar surface area (TPSA) is 80.7 Å². The SMILES string of the molecule is BCc1cc(CB)c(C(=O)OC(CS(=O)(=O)O)C(F)(F)F)c(CB)c1. The van der Waals surface area contributed by atoms with E-state index in [1.54, 1.807) is 27.8 Å². The molecule has 1 aromatic rings. The number of hydrogen-bond donors (Lipinski definition) is 1. The molecule has 0 radical (unpaired) electrons. The van der Waals surface area contributed by atoms with E-state index in [9.17, 15) is 26.4 Å². The van der Waals surface area contributed by atoms with Crippen molar-refractivity contribution >= 4 is 39.6 Å². The third-order valence-electron chi connectivity index (χ3n) is 3.71. The van der Waals surface area contributed by atoms with Crippen LogP contribution in [0.5, 0.6) is 0 Å². The zero-order valence-electron chi connectivity index (χ0n) is 14.2. The number of benzene rings is 1. The van der Waals surface area contributed by atoms with Crippen molar-refractivity contribution in [2.75, 3.05) is 5.75 Å². The van der Waals surface area contributed by atoms with Gasteiger partial charge < -0.3 is 4.74 Å². The smallest absolute Gasteiger partial charge is 0.426 e. The molecule has 1 atom stereocenters. The molecule has 0 aliphatic carbocycles. The van der Waals surface area contributed by atoms with Gasteiger partial charge in [0.05, 0.1) is 5.56 Å². The van der Waals surface area contributed by atoms with E-state index in [1.807, 2.05) is 7.85 Å². The Balaban J connectivity index is 3.29. The molecule has 1 unspecified atom stereocenters. The highest BCUT2D eigenvalue weighted by Crippen LogP contribution is 2.27. The molecule has 0 bridgehead atoms. The van der Waals surface area contributed by atoms with Gasteiger partial charge in [-0.2, -0.15) is 21.6 Å². The molecule has 0 saturated heterocycles. The summed E-state index contributed by atoms with van der Waals surface area (Å²) in [6.07, 6.45) is -6.55. The zero-order chi connectivity index (χ0) is 19.4. The molecule has 5 nitrogen and oxygen atoms in total. The lowest BCUT2D eigenvalue weighted by molar-refractivity contribution is -0.197. The summed E-state index contributed by atoms with van der Waals surface area (Å²) in [7, 11) is 0.450. The maximum Gasteiger partial charge on any atom is 0.426 e. The maximum atomic E-state index is 13.0. The third-order valence-corrected chi connectivity index (χ3v) is 4.44. The highest BCUT2D eigenvalue weighted by Gasteiger charge is 2.45. The fourth-order valence-electron chi connectivity index (χ4n) is 2.44. The molecule has 0 spiro atoms. The molecule has 25 heavy (non-hydrogen) atoms. The van der Waals surface area contributed by atoms with Crippen LogP contribution in [0.25, 0.3) is 0 Å². The van der Waals surface area contributed by atoms with Gasteiger partial charge in [-0.15, -0.1) is 0 Å². The average Bonchev–Trinajstić information content (AvgIpc) is 2.50. The predicted octanol–water partition coefficient (Wildman–Crippen LogP) is -0.939. The Morgan fingerprint density at radius 1 is 1.12 bits per heavy atom. The highest BCUT2D eigenvalue weighted by molar-refractivity contribution is 7.85. The Hall–Kier alpha value is -1.42. The number of esters is 1. The van der Waals surface area contributed by atoms with Gasteiger partial charge in [-0.1, -0.05) is 36.7 Å². The first-order chi connectivity index (χ1) is 11.4. The number of alkyl halides is 3. The lowest BCUT2D eigenvalue weighted by Crippen LogP contribution is -2.39.